The van der Waals surface area contributed by atoms with E-state index in [1.54, 1.807) is 6.07 Å². The fourth-order valence-corrected chi connectivity index (χ4v) is 2.05. The van der Waals surface area contributed by atoms with E-state index in [4.69, 9.17) is 9.63 Å². The first-order chi connectivity index (χ1) is 10.1. The molecule has 112 valence electrons. The van der Waals surface area contributed by atoms with Crippen molar-refractivity contribution in [2.75, 3.05) is 0 Å². The molecular formula is C14H17N3O4. The van der Waals surface area contributed by atoms with Crippen molar-refractivity contribution >= 4 is 23.0 Å². The Hall–Kier alpha value is -2.44. The average Bonchev–Trinajstić information content (AvgIpc) is 2.88. The van der Waals surface area contributed by atoms with Gasteiger partial charge in [0, 0.05) is 6.20 Å². The van der Waals surface area contributed by atoms with Crippen LogP contribution in [-0.2, 0) is 11.2 Å². The molecule has 0 saturated heterocycles. The van der Waals surface area contributed by atoms with Crippen LogP contribution in [0.25, 0.3) is 11.1 Å². The molecule has 1 amide bonds. The first-order valence-electron chi connectivity index (χ1n) is 6.84. The fourth-order valence-electron chi connectivity index (χ4n) is 2.05. The molecule has 7 heteroatoms. The number of carbonyl (C=O) groups excluding carboxylic acids is 1. The Labute approximate surface area is 121 Å². The number of fused-ring (bicyclic) bond motifs is 1. The summed E-state index contributed by atoms with van der Waals surface area (Å²) in [6.07, 6.45) is 3.06. The maximum absolute atomic E-state index is 12.1. The molecule has 0 saturated carbocycles. The lowest BCUT2D eigenvalue weighted by Gasteiger charge is -2.13. The van der Waals surface area contributed by atoms with Crippen molar-refractivity contribution in [2.45, 2.75) is 39.2 Å². The SMILES string of the molecule is CCCC(NC(=O)c1cnc2onc(CC)c2c1)C(=O)O. The summed E-state index contributed by atoms with van der Waals surface area (Å²) >= 11 is 0. The molecule has 21 heavy (non-hydrogen) atoms. The van der Waals surface area contributed by atoms with E-state index < -0.39 is 17.9 Å². The van der Waals surface area contributed by atoms with Gasteiger partial charge < -0.3 is 14.9 Å². The molecule has 2 aromatic rings. The number of nitrogens with one attached hydrogen (secondary N) is 1. The molecule has 0 aliphatic carbocycles. The number of hydrogen-bond acceptors (Lipinski definition) is 5. The normalized spacial score (nSPS) is 12.3. The van der Waals surface area contributed by atoms with Crippen LogP contribution >= 0.6 is 0 Å². The van der Waals surface area contributed by atoms with E-state index >= 15 is 0 Å². The van der Waals surface area contributed by atoms with Gasteiger partial charge in [0.25, 0.3) is 11.6 Å². The van der Waals surface area contributed by atoms with Crippen molar-refractivity contribution in [1.82, 2.24) is 15.5 Å². The minimum atomic E-state index is -1.04. The Balaban J connectivity index is 2.24. The maximum Gasteiger partial charge on any atom is 0.326 e. The van der Waals surface area contributed by atoms with Crippen LogP contribution < -0.4 is 5.32 Å². The summed E-state index contributed by atoms with van der Waals surface area (Å²) in [7, 11) is 0. The number of carboxylic acids is 1. The largest absolute Gasteiger partial charge is 0.480 e. The number of nitrogens with zero attached hydrogens (tertiary/aromatic N) is 2. The summed E-state index contributed by atoms with van der Waals surface area (Å²) in [5.41, 5.74) is 1.38. The topological polar surface area (TPSA) is 105 Å². The number of aryl methyl sites for hydroxylation is 1. The number of pyridine rings is 1. The van der Waals surface area contributed by atoms with E-state index in [2.05, 4.69) is 15.5 Å². The molecule has 0 radical (unpaired) electrons. The molecule has 0 aliphatic heterocycles. The van der Waals surface area contributed by atoms with Gasteiger partial charge in [0.05, 0.1) is 16.6 Å². The van der Waals surface area contributed by atoms with Gasteiger partial charge in [-0.15, -0.1) is 0 Å². The molecule has 2 N–H and O–H groups in total. The van der Waals surface area contributed by atoms with Crippen LogP contribution in [0.1, 0.15) is 42.7 Å². The van der Waals surface area contributed by atoms with E-state index in [-0.39, 0.29) is 0 Å². The zero-order chi connectivity index (χ0) is 15.4. The van der Waals surface area contributed by atoms with Crippen LogP contribution in [-0.4, -0.2) is 33.2 Å². The molecule has 0 aromatic carbocycles. The number of aliphatic carboxylic acids is 1. The van der Waals surface area contributed by atoms with Crippen LogP contribution in [0, 0.1) is 0 Å². The summed E-state index contributed by atoms with van der Waals surface area (Å²) in [4.78, 5) is 27.2. The van der Waals surface area contributed by atoms with Crippen molar-refractivity contribution in [2.24, 2.45) is 0 Å². The first kappa shape index (κ1) is 15.0. The first-order valence-corrected chi connectivity index (χ1v) is 6.84. The zero-order valence-electron chi connectivity index (χ0n) is 11.9. The number of carbonyl (C=O) groups is 2. The predicted molar refractivity (Wildman–Crippen MR) is 75.0 cm³/mol. The minimum absolute atomic E-state index is 0.294. The molecule has 1 atom stereocenters. The van der Waals surface area contributed by atoms with Crippen molar-refractivity contribution in [3.63, 3.8) is 0 Å². The summed E-state index contributed by atoms with van der Waals surface area (Å²) in [6, 6.07) is 0.726. The fraction of sp³-hybridized carbons (Fsp3) is 0.429. The number of aromatic nitrogens is 2. The third-order valence-electron chi connectivity index (χ3n) is 3.18. The highest BCUT2D eigenvalue weighted by Gasteiger charge is 2.20. The van der Waals surface area contributed by atoms with Crippen LogP contribution in [0.3, 0.4) is 0 Å². The lowest BCUT2D eigenvalue weighted by Crippen LogP contribution is -2.40. The number of hydrogen-bond donors (Lipinski definition) is 2. The molecule has 2 heterocycles. The Bertz CT molecular complexity index is 665. The van der Waals surface area contributed by atoms with Gasteiger partial charge in [-0.25, -0.2) is 9.78 Å². The van der Waals surface area contributed by atoms with Gasteiger partial charge in [0.1, 0.15) is 6.04 Å². The van der Waals surface area contributed by atoms with E-state index in [1.165, 1.54) is 6.20 Å². The summed E-state index contributed by atoms with van der Waals surface area (Å²) < 4.78 is 5.05. The molecule has 0 bridgehead atoms. The van der Waals surface area contributed by atoms with Gasteiger partial charge in [-0.3, -0.25) is 4.79 Å². The van der Waals surface area contributed by atoms with Crippen LogP contribution in [0.4, 0.5) is 0 Å². The Morgan fingerprint density at radius 1 is 1.43 bits per heavy atom. The quantitative estimate of drug-likeness (QED) is 0.840. The van der Waals surface area contributed by atoms with Gasteiger partial charge in [-0.2, -0.15) is 0 Å². The predicted octanol–water partition coefficient (Wildman–Crippen LogP) is 1.77. The second-order valence-electron chi connectivity index (χ2n) is 4.71. The van der Waals surface area contributed by atoms with Gasteiger partial charge in [-0.1, -0.05) is 25.4 Å². The highest BCUT2D eigenvalue weighted by Crippen LogP contribution is 2.18. The van der Waals surface area contributed by atoms with Gasteiger partial charge in [0.2, 0.25) is 0 Å². The standard InChI is InChI=1S/C14H17N3O4/c1-3-5-11(14(19)20)16-12(18)8-6-9-10(4-2)17-21-13(9)15-7-8/h6-7,11H,3-5H2,1-2H3,(H,16,18)(H,19,20). The number of carboxylic acid groups (broad SMARTS) is 1. The molecule has 7 nitrogen and oxygen atoms in total. The smallest absolute Gasteiger partial charge is 0.326 e. The zero-order valence-corrected chi connectivity index (χ0v) is 11.9. The van der Waals surface area contributed by atoms with Crippen LogP contribution in [0.15, 0.2) is 16.8 Å². The molecule has 0 spiro atoms. The van der Waals surface area contributed by atoms with E-state index in [0.717, 1.165) is 5.69 Å². The molecule has 2 aromatic heterocycles. The Morgan fingerprint density at radius 3 is 2.81 bits per heavy atom. The average molecular weight is 291 g/mol. The molecular weight excluding hydrogens is 274 g/mol. The van der Waals surface area contributed by atoms with Crippen LogP contribution in [0.5, 0.6) is 0 Å². The van der Waals surface area contributed by atoms with E-state index in [0.29, 0.717) is 35.9 Å². The monoisotopic (exact) mass is 291 g/mol. The van der Waals surface area contributed by atoms with E-state index in [9.17, 15) is 9.59 Å². The summed E-state index contributed by atoms with van der Waals surface area (Å²) in [5, 5.41) is 16.1. The third kappa shape index (κ3) is 3.18. The van der Waals surface area contributed by atoms with Gasteiger partial charge in [0.15, 0.2) is 0 Å². The summed E-state index contributed by atoms with van der Waals surface area (Å²) in [5.74, 6) is -1.51. The Morgan fingerprint density at radius 2 is 2.19 bits per heavy atom. The molecule has 1 unspecified atom stereocenters. The second-order valence-corrected chi connectivity index (χ2v) is 4.71. The highest BCUT2D eigenvalue weighted by atomic mass is 16.5. The molecule has 2 rings (SSSR count). The van der Waals surface area contributed by atoms with Gasteiger partial charge >= 0.3 is 5.97 Å². The lowest BCUT2D eigenvalue weighted by atomic mass is 10.1. The van der Waals surface area contributed by atoms with Crippen molar-refractivity contribution in [3.8, 4) is 0 Å². The van der Waals surface area contributed by atoms with Crippen molar-refractivity contribution in [3.05, 3.63) is 23.5 Å². The third-order valence-corrected chi connectivity index (χ3v) is 3.18. The Kier molecular flexibility index (Phi) is 4.52. The maximum atomic E-state index is 12.1. The molecule has 0 fully saturated rings. The van der Waals surface area contributed by atoms with Crippen molar-refractivity contribution < 1.29 is 19.2 Å². The molecule has 0 aliphatic rings. The minimum Gasteiger partial charge on any atom is -0.480 e. The lowest BCUT2D eigenvalue weighted by molar-refractivity contribution is -0.139. The summed E-state index contributed by atoms with van der Waals surface area (Å²) in [6.45, 7) is 3.78. The van der Waals surface area contributed by atoms with Crippen LogP contribution in [0.2, 0.25) is 0 Å². The van der Waals surface area contributed by atoms with E-state index in [1.807, 2.05) is 13.8 Å². The number of amides is 1. The van der Waals surface area contributed by atoms with Crippen molar-refractivity contribution in [1.29, 1.82) is 0 Å². The number of rotatable bonds is 6. The second kappa shape index (κ2) is 6.34. The van der Waals surface area contributed by atoms with Gasteiger partial charge in [-0.05, 0) is 18.9 Å². The highest BCUT2D eigenvalue weighted by molar-refractivity contribution is 5.98.